The number of amides is 1. The standard InChI is InChI=1S/C31H33BrN4O/c1-34(2)26-16-8-21(9-17-26)20-24-6-5-7-28-29(24)33-36(31(37)23-10-14-25(32)15-11-23)30(28)22-12-18-27(19-13-22)35(3)4/h8-20,28,30H,5-7H2,1-4H3/b24-20+/t28-,30+/m0/s1. The number of benzene rings is 3. The number of nitrogens with zero attached hydrogens (tertiary/aromatic N) is 4. The molecule has 5 nitrogen and oxygen atoms in total. The Bertz CT molecular complexity index is 1330. The van der Waals surface area contributed by atoms with Crippen molar-refractivity contribution >= 4 is 45.0 Å². The average Bonchev–Trinajstić information content (AvgIpc) is 3.30. The quantitative estimate of drug-likeness (QED) is 0.339. The molecule has 1 saturated carbocycles. The Morgan fingerprint density at radius 1 is 0.892 bits per heavy atom. The smallest absolute Gasteiger partial charge is 0.274 e. The van der Waals surface area contributed by atoms with Crippen molar-refractivity contribution in [2.45, 2.75) is 25.3 Å². The summed E-state index contributed by atoms with van der Waals surface area (Å²) in [4.78, 5) is 18.0. The minimum absolute atomic E-state index is 0.0641. The summed E-state index contributed by atoms with van der Waals surface area (Å²) < 4.78 is 0.951. The third-order valence-electron chi connectivity index (χ3n) is 7.30. The molecular formula is C31H33BrN4O. The summed E-state index contributed by atoms with van der Waals surface area (Å²) in [5.41, 5.74) is 7.52. The number of rotatable bonds is 5. The lowest BCUT2D eigenvalue weighted by molar-refractivity contribution is 0.0681. The summed E-state index contributed by atoms with van der Waals surface area (Å²) in [7, 11) is 8.18. The van der Waals surface area contributed by atoms with Gasteiger partial charge >= 0.3 is 0 Å². The molecule has 37 heavy (non-hydrogen) atoms. The minimum atomic E-state index is -0.123. The van der Waals surface area contributed by atoms with E-state index in [0.29, 0.717) is 5.56 Å². The molecule has 0 saturated heterocycles. The van der Waals surface area contributed by atoms with Crippen LogP contribution in [0.2, 0.25) is 0 Å². The second-order valence-corrected chi connectivity index (χ2v) is 11.1. The number of allylic oxidation sites excluding steroid dienone is 1. The maximum Gasteiger partial charge on any atom is 0.274 e. The van der Waals surface area contributed by atoms with Crippen LogP contribution >= 0.6 is 15.9 Å². The Kier molecular flexibility index (Phi) is 7.20. The van der Waals surface area contributed by atoms with Gasteiger partial charge in [-0.3, -0.25) is 4.79 Å². The van der Waals surface area contributed by atoms with Gasteiger partial charge in [0.05, 0.1) is 11.8 Å². The van der Waals surface area contributed by atoms with Crippen LogP contribution in [0.25, 0.3) is 6.08 Å². The van der Waals surface area contributed by atoms with E-state index in [-0.39, 0.29) is 17.9 Å². The zero-order valence-corrected chi connectivity index (χ0v) is 23.4. The number of hydrogen-bond donors (Lipinski definition) is 0. The Morgan fingerprint density at radius 3 is 2.08 bits per heavy atom. The number of carbonyl (C=O) groups excluding carboxylic acids is 1. The molecule has 3 aromatic rings. The van der Waals surface area contributed by atoms with Gasteiger partial charge in [-0.1, -0.05) is 40.2 Å². The second-order valence-electron chi connectivity index (χ2n) is 10.2. The molecule has 190 valence electrons. The molecule has 0 spiro atoms. The van der Waals surface area contributed by atoms with Crippen molar-refractivity contribution < 1.29 is 4.79 Å². The zero-order chi connectivity index (χ0) is 26.1. The number of anilines is 2. The van der Waals surface area contributed by atoms with Crippen LogP contribution in [0.1, 0.15) is 46.8 Å². The molecule has 0 bridgehead atoms. The normalized spacial score (nSPS) is 20.0. The molecule has 0 radical (unpaired) electrons. The molecule has 1 amide bonds. The molecule has 0 N–H and O–H groups in total. The molecule has 3 aromatic carbocycles. The first-order valence-corrected chi connectivity index (χ1v) is 13.5. The van der Waals surface area contributed by atoms with Gasteiger partial charge in [-0.15, -0.1) is 0 Å². The van der Waals surface area contributed by atoms with Gasteiger partial charge in [-0.05, 0) is 90.6 Å². The number of halogens is 1. The van der Waals surface area contributed by atoms with E-state index in [1.165, 1.54) is 11.3 Å². The molecule has 6 heteroatoms. The van der Waals surface area contributed by atoms with Crippen molar-refractivity contribution in [3.8, 4) is 0 Å². The fourth-order valence-electron chi connectivity index (χ4n) is 5.27. The van der Waals surface area contributed by atoms with Crippen LogP contribution in [0.15, 0.2) is 87.9 Å². The predicted molar refractivity (Wildman–Crippen MR) is 157 cm³/mol. The lowest BCUT2D eigenvalue weighted by atomic mass is 9.77. The van der Waals surface area contributed by atoms with E-state index >= 15 is 0 Å². The maximum absolute atomic E-state index is 13.8. The molecule has 2 aliphatic rings. The summed E-state index contributed by atoms with van der Waals surface area (Å²) in [5, 5.41) is 6.79. The molecule has 0 aromatic heterocycles. The van der Waals surface area contributed by atoms with Crippen LogP contribution < -0.4 is 9.80 Å². The Morgan fingerprint density at radius 2 is 1.49 bits per heavy atom. The van der Waals surface area contributed by atoms with E-state index in [1.807, 2.05) is 38.4 Å². The van der Waals surface area contributed by atoms with Gasteiger partial charge < -0.3 is 9.80 Å². The van der Waals surface area contributed by atoms with E-state index in [1.54, 1.807) is 5.01 Å². The van der Waals surface area contributed by atoms with Gasteiger partial charge in [0.1, 0.15) is 0 Å². The van der Waals surface area contributed by atoms with Gasteiger partial charge in [0, 0.05) is 55.5 Å². The fourth-order valence-corrected chi connectivity index (χ4v) is 5.53. The highest BCUT2D eigenvalue weighted by molar-refractivity contribution is 9.10. The monoisotopic (exact) mass is 556 g/mol. The second kappa shape index (κ2) is 10.5. The molecule has 2 atom stereocenters. The van der Waals surface area contributed by atoms with E-state index in [0.717, 1.165) is 46.3 Å². The first kappa shape index (κ1) is 25.3. The zero-order valence-electron chi connectivity index (χ0n) is 21.9. The summed E-state index contributed by atoms with van der Waals surface area (Å²) in [6.45, 7) is 0. The van der Waals surface area contributed by atoms with Crippen LogP contribution in [-0.4, -0.2) is 44.8 Å². The number of hydrogen-bond acceptors (Lipinski definition) is 4. The third-order valence-corrected chi connectivity index (χ3v) is 7.83. The van der Waals surface area contributed by atoms with E-state index in [2.05, 4.69) is 94.4 Å². The largest absolute Gasteiger partial charge is 0.378 e. The number of hydrazone groups is 1. The molecule has 1 aliphatic heterocycles. The SMILES string of the molecule is CN(C)c1ccc(/C=C2\CCC[C@H]3C2=NN(C(=O)c2ccc(Br)cc2)[C@@H]3c2ccc(N(C)C)cc2)cc1. The highest BCUT2D eigenvalue weighted by Gasteiger charge is 2.43. The lowest BCUT2D eigenvalue weighted by Crippen LogP contribution is -2.32. The van der Waals surface area contributed by atoms with E-state index in [4.69, 9.17) is 5.10 Å². The Hall–Kier alpha value is -3.38. The van der Waals surface area contributed by atoms with E-state index in [9.17, 15) is 4.79 Å². The molecule has 0 unspecified atom stereocenters. The van der Waals surface area contributed by atoms with Gasteiger partial charge in [0.2, 0.25) is 0 Å². The average molecular weight is 558 g/mol. The summed E-state index contributed by atoms with van der Waals surface area (Å²) in [6, 6.07) is 24.6. The summed E-state index contributed by atoms with van der Waals surface area (Å²) in [5.74, 6) is 0.108. The molecule has 1 heterocycles. The van der Waals surface area contributed by atoms with Gasteiger partial charge in [0.25, 0.3) is 5.91 Å². The van der Waals surface area contributed by atoms with Crippen LogP contribution in [-0.2, 0) is 0 Å². The predicted octanol–water partition coefficient (Wildman–Crippen LogP) is 7.02. The highest BCUT2D eigenvalue weighted by Crippen LogP contribution is 2.45. The molecule has 1 fully saturated rings. The first-order valence-electron chi connectivity index (χ1n) is 12.7. The molecule has 5 rings (SSSR count). The maximum atomic E-state index is 13.8. The van der Waals surface area contributed by atoms with Gasteiger partial charge in [-0.25, -0.2) is 5.01 Å². The highest BCUT2D eigenvalue weighted by atomic mass is 79.9. The number of carbonyl (C=O) groups is 1. The van der Waals surface area contributed by atoms with Crippen molar-refractivity contribution in [2.24, 2.45) is 11.0 Å². The molecule has 1 aliphatic carbocycles. The van der Waals surface area contributed by atoms with Gasteiger partial charge in [-0.2, -0.15) is 5.10 Å². The van der Waals surface area contributed by atoms with Crippen LogP contribution in [0, 0.1) is 5.92 Å². The summed E-state index contributed by atoms with van der Waals surface area (Å²) in [6.07, 6.45) is 5.32. The van der Waals surface area contributed by atoms with Crippen molar-refractivity contribution in [1.29, 1.82) is 0 Å². The lowest BCUT2D eigenvalue weighted by Gasteiger charge is -2.30. The van der Waals surface area contributed by atoms with Crippen LogP contribution in [0.5, 0.6) is 0 Å². The Balaban J connectivity index is 1.54. The van der Waals surface area contributed by atoms with Crippen LogP contribution in [0.4, 0.5) is 11.4 Å². The first-order chi connectivity index (χ1) is 17.8. The van der Waals surface area contributed by atoms with E-state index < -0.39 is 0 Å². The van der Waals surface area contributed by atoms with Gasteiger partial charge in [0.15, 0.2) is 0 Å². The third kappa shape index (κ3) is 5.21. The summed E-state index contributed by atoms with van der Waals surface area (Å²) >= 11 is 3.48. The van der Waals surface area contributed by atoms with Crippen LogP contribution in [0.3, 0.4) is 0 Å². The minimum Gasteiger partial charge on any atom is -0.378 e. The van der Waals surface area contributed by atoms with Crippen molar-refractivity contribution in [1.82, 2.24) is 5.01 Å². The van der Waals surface area contributed by atoms with Crippen molar-refractivity contribution in [2.75, 3.05) is 38.0 Å². The number of fused-ring (bicyclic) bond motifs is 1. The van der Waals surface area contributed by atoms with Crippen molar-refractivity contribution in [3.05, 3.63) is 99.5 Å². The Labute approximate surface area is 228 Å². The van der Waals surface area contributed by atoms with Crippen molar-refractivity contribution in [3.63, 3.8) is 0 Å². The fraction of sp³-hybridized carbons (Fsp3) is 0.290. The topological polar surface area (TPSA) is 39.1 Å². The molecular weight excluding hydrogens is 524 g/mol.